The Balaban J connectivity index is 2.27. The lowest BCUT2D eigenvalue weighted by atomic mass is 9.93. The molecule has 1 aliphatic rings. The van der Waals surface area contributed by atoms with Crippen molar-refractivity contribution in [3.63, 3.8) is 0 Å². The van der Waals surface area contributed by atoms with Crippen molar-refractivity contribution in [2.45, 2.75) is 46.6 Å². The van der Waals surface area contributed by atoms with Gasteiger partial charge in [0.15, 0.2) is 6.29 Å². The van der Waals surface area contributed by atoms with Crippen molar-refractivity contribution in [2.75, 3.05) is 13.1 Å². The Bertz CT molecular complexity index is 436. The normalized spacial score (nSPS) is 20.0. The van der Waals surface area contributed by atoms with Crippen LogP contribution in [0.4, 0.5) is 0 Å². The van der Waals surface area contributed by atoms with E-state index in [0.717, 1.165) is 30.7 Å². The molecule has 0 fully saturated rings. The van der Waals surface area contributed by atoms with Crippen molar-refractivity contribution in [3.8, 4) is 0 Å². The Morgan fingerprint density at radius 3 is 2.68 bits per heavy atom. The van der Waals surface area contributed by atoms with Crippen LogP contribution in [0, 0.1) is 11.8 Å². The highest BCUT2D eigenvalue weighted by Gasteiger charge is 2.30. The molecule has 0 aromatic carbocycles. The fourth-order valence-corrected chi connectivity index (χ4v) is 4.15. The Morgan fingerprint density at radius 2 is 2.11 bits per heavy atom. The molecule has 3 heteroatoms. The monoisotopic (exact) mass is 279 g/mol. The molecule has 0 N–H and O–H groups in total. The Labute approximate surface area is 120 Å². The molecule has 2 nitrogen and oxygen atoms in total. The highest BCUT2D eigenvalue weighted by Crippen LogP contribution is 2.39. The standard InChI is InChI=1S/C16H25NOS/c1-11(2)7-15-16-13(8-14(10-18)19-16)5-6-17(15)9-12(3)4/h8,10-12,15H,5-7,9H2,1-4H3. The maximum Gasteiger partial charge on any atom is 0.160 e. The lowest BCUT2D eigenvalue weighted by molar-refractivity contribution is 0.112. The number of thiophene rings is 1. The summed E-state index contributed by atoms with van der Waals surface area (Å²) in [6.45, 7) is 11.4. The van der Waals surface area contributed by atoms with E-state index in [-0.39, 0.29) is 0 Å². The molecule has 1 aromatic rings. The average Bonchev–Trinajstić information content (AvgIpc) is 2.74. The minimum absolute atomic E-state index is 0.518. The van der Waals surface area contributed by atoms with E-state index in [9.17, 15) is 4.79 Å². The van der Waals surface area contributed by atoms with Gasteiger partial charge < -0.3 is 0 Å². The molecule has 0 amide bonds. The topological polar surface area (TPSA) is 20.3 Å². The minimum atomic E-state index is 0.518. The predicted octanol–water partition coefficient (Wildman–Crippen LogP) is 4.16. The van der Waals surface area contributed by atoms with Crippen LogP contribution in [0.2, 0.25) is 0 Å². The first kappa shape index (κ1) is 14.7. The van der Waals surface area contributed by atoms with Gasteiger partial charge in [0.2, 0.25) is 0 Å². The zero-order valence-electron chi connectivity index (χ0n) is 12.5. The Morgan fingerprint density at radius 1 is 1.37 bits per heavy atom. The summed E-state index contributed by atoms with van der Waals surface area (Å²) in [5.41, 5.74) is 1.41. The SMILES string of the molecule is CC(C)CC1c2sc(C=O)cc2CCN1CC(C)C. The molecule has 106 valence electrons. The van der Waals surface area contributed by atoms with Gasteiger partial charge in [0.05, 0.1) is 4.88 Å². The summed E-state index contributed by atoms with van der Waals surface area (Å²) in [5, 5.41) is 0. The van der Waals surface area contributed by atoms with E-state index < -0.39 is 0 Å². The molecule has 0 radical (unpaired) electrons. The smallest absolute Gasteiger partial charge is 0.160 e. The van der Waals surface area contributed by atoms with Crippen LogP contribution in [0.5, 0.6) is 0 Å². The predicted molar refractivity (Wildman–Crippen MR) is 82.0 cm³/mol. The molecule has 2 heterocycles. The van der Waals surface area contributed by atoms with Gasteiger partial charge >= 0.3 is 0 Å². The van der Waals surface area contributed by atoms with Crippen LogP contribution >= 0.6 is 11.3 Å². The van der Waals surface area contributed by atoms with E-state index in [1.165, 1.54) is 16.9 Å². The van der Waals surface area contributed by atoms with Gasteiger partial charge in [-0.15, -0.1) is 11.3 Å². The number of hydrogen-bond donors (Lipinski definition) is 0. The first-order valence-electron chi connectivity index (χ1n) is 7.33. The lowest BCUT2D eigenvalue weighted by Crippen LogP contribution is -2.37. The summed E-state index contributed by atoms with van der Waals surface area (Å²) >= 11 is 1.71. The molecular formula is C16H25NOS. The molecular weight excluding hydrogens is 254 g/mol. The molecule has 0 aliphatic carbocycles. The number of hydrogen-bond acceptors (Lipinski definition) is 3. The number of nitrogens with zero attached hydrogens (tertiary/aromatic N) is 1. The van der Waals surface area contributed by atoms with Crippen LogP contribution in [-0.2, 0) is 6.42 Å². The third-order valence-corrected chi connectivity index (χ3v) is 4.89. The van der Waals surface area contributed by atoms with Gasteiger partial charge in [0.1, 0.15) is 0 Å². The maximum absolute atomic E-state index is 11.0. The first-order valence-corrected chi connectivity index (χ1v) is 8.14. The van der Waals surface area contributed by atoms with Gasteiger partial charge in [-0.1, -0.05) is 27.7 Å². The molecule has 19 heavy (non-hydrogen) atoms. The van der Waals surface area contributed by atoms with Crippen LogP contribution in [0.1, 0.15) is 60.3 Å². The number of rotatable bonds is 5. The Kier molecular flexibility index (Phi) is 4.80. The van der Waals surface area contributed by atoms with Gasteiger partial charge in [-0.2, -0.15) is 0 Å². The molecule has 1 unspecified atom stereocenters. The van der Waals surface area contributed by atoms with Crippen LogP contribution in [-0.4, -0.2) is 24.3 Å². The molecule has 0 spiro atoms. The molecule has 1 aromatic heterocycles. The van der Waals surface area contributed by atoms with Crippen molar-refractivity contribution < 1.29 is 4.79 Å². The molecule has 2 rings (SSSR count). The van der Waals surface area contributed by atoms with E-state index in [1.807, 2.05) is 0 Å². The number of carbonyl (C=O) groups is 1. The summed E-state index contributed by atoms with van der Waals surface area (Å²) in [6.07, 6.45) is 3.29. The largest absolute Gasteiger partial charge is 0.297 e. The van der Waals surface area contributed by atoms with Gasteiger partial charge in [-0.3, -0.25) is 9.69 Å². The second-order valence-electron chi connectivity index (χ2n) is 6.44. The van der Waals surface area contributed by atoms with Gasteiger partial charge in [0, 0.05) is 24.0 Å². The summed E-state index contributed by atoms with van der Waals surface area (Å²) in [7, 11) is 0. The van der Waals surface area contributed by atoms with Gasteiger partial charge in [-0.25, -0.2) is 0 Å². The molecule has 1 atom stereocenters. The van der Waals surface area contributed by atoms with Crippen molar-refractivity contribution >= 4 is 17.6 Å². The summed E-state index contributed by atoms with van der Waals surface area (Å²) < 4.78 is 0. The van der Waals surface area contributed by atoms with Crippen LogP contribution in [0.15, 0.2) is 6.07 Å². The van der Waals surface area contributed by atoms with E-state index in [0.29, 0.717) is 17.9 Å². The summed E-state index contributed by atoms with van der Waals surface area (Å²) in [4.78, 5) is 16.0. The van der Waals surface area contributed by atoms with Crippen LogP contribution in [0.25, 0.3) is 0 Å². The Hall–Kier alpha value is -0.670. The molecule has 0 saturated heterocycles. The molecule has 0 saturated carbocycles. The van der Waals surface area contributed by atoms with Crippen molar-refractivity contribution in [2.24, 2.45) is 11.8 Å². The van der Waals surface area contributed by atoms with Crippen molar-refractivity contribution in [1.82, 2.24) is 4.90 Å². The first-order chi connectivity index (χ1) is 9.01. The third-order valence-electron chi connectivity index (χ3n) is 3.68. The summed E-state index contributed by atoms with van der Waals surface area (Å²) in [5.74, 6) is 1.38. The van der Waals surface area contributed by atoms with E-state index >= 15 is 0 Å². The zero-order valence-corrected chi connectivity index (χ0v) is 13.3. The molecule has 1 aliphatic heterocycles. The van der Waals surface area contributed by atoms with Crippen molar-refractivity contribution in [1.29, 1.82) is 0 Å². The number of fused-ring (bicyclic) bond motifs is 1. The fourth-order valence-electron chi connectivity index (χ4n) is 2.98. The molecule has 0 bridgehead atoms. The van der Waals surface area contributed by atoms with Crippen LogP contribution < -0.4 is 0 Å². The minimum Gasteiger partial charge on any atom is -0.297 e. The number of carbonyl (C=O) groups excluding carboxylic acids is 1. The fraction of sp³-hybridized carbons (Fsp3) is 0.688. The third kappa shape index (κ3) is 3.46. The second kappa shape index (κ2) is 6.19. The van der Waals surface area contributed by atoms with E-state index in [2.05, 4.69) is 38.7 Å². The van der Waals surface area contributed by atoms with Gasteiger partial charge in [0.25, 0.3) is 0 Å². The lowest BCUT2D eigenvalue weighted by Gasteiger charge is -2.37. The van der Waals surface area contributed by atoms with Crippen molar-refractivity contribution in [3.05, 3.63) is 21.4 Å². The second-order valence-corrected chi connectivity index (χ2v) is 7.56. The van der Waals surface area contributed by atoms with Gasteiger partial charge in [-0.05, 0) is 36.3 Å². The highest BCUT2D eigenvalue weighted by molar-refractivity contribution is 7.13. The average molecular weight is 279 g/mol. The quantitative estimate of drug-likeness (QED) is 0.754. The highest BCUT2D eigenvalue weighted by atomic mass is 32.1. The van der Waals surface area contributed by atoms with E-state index in [1.54, 1.807) is 11.3 Å². The summed E-state index contributed by atoms with van der Waals surface area (Å²) in [6, 6.07) is 2.62. The van der Waals surface area contributed by atoms with E-state index in [4.69, 9.17) is 0 Å². The zero-order chi connectivity index (χ0) is 14.0. The number of aldehydes is 1. The van der Waals surface area contributed by atoms with Crippen LogP contribution in [0.3, 0.4) is 0 Å². The maximum atomic E-state index is 11.0.